The molecule has 0 bridgehead atoms. The molecule has 0 heteroatoms. The van der Waals surface area contributed by atoms with Crippen molar-refractivity contribution in [1.82, 2.24) is 0 Å². The van der Waals surface area contributed by atoms with Crippen LogP contribution in [0.5, 0.6) is 0 Å². The van der Waals surface area contributed by atoms with Gasteiger partial charge in [0.1, 0.15) is 0 Å². The van der Waals surface area contributed by atoms with Gasteiger partial charge in [-0.25, -0.2) is 0 Å². The molecule has 12 aromatic carbocycles. The van der Waals surface area contributed by atoms with E-state index in [0.29, 0.717) is 0 Å². The fraction of sp³-hybridized carbons (Fsp3) is 0.226. The summed E-state index contributed by atoms with van der Waals surface area (Å²) >= 11 is 0. The maximum absolute atomic E-state index is 2.81. The Labute approximate surface area is 362 Å². The van der Waals surface area contributed by atoms with Crippen LogP contribution in [0.4, 0.5) is 0 Å². The molecule has 0 nitrogen and oxygen atoms in total. The van der Waals surface area contributed by atoms with Crippen molar-refractivity contribution in [2.75, 3.05) is 0 Å². The monoisotopic (exact) mass is 792 g/mol. The zero-order chi connectivity index (χ0) is 41.1. The van der Waals surface area contributed by atoms with Gasteiger partial charge in [-0.3, -0.25) is 0 Å². The van der Waals surface area contributed by atoms with Gasteiger partial charge in [0.2, 0.25) is 0 Å². The molecule has 4 atom stereocenters. The van der Waals surface area contributed by atoms with Gasteiger partial charge in [-0.05, 0) is 168 Å². The lowest BCUT2D eigenvalue weighted by Crippen LogP contribution is -2.54. The second-order valence-electron chi connectivity index (χ2n) is 20.0. The Morgan fingerprint density at radius 2 is 0.581 bits per heavy atom. The topological polar surface area (TPSA) is 0 Å². The zero-order valence-electron chi connectivity index (χ0n) is 36.1. The highest BCUT2D eigenvalue weighted by molar-refractivity contribution is 6.52. The lowest BCUT2D eigenvalue weighted by atomic mass is 9.48. The average molecular weight is 793 g/mol. The highest BCUT2D eigenvalue weighted by atomic mass is 14.8. The van der Waals surface area contributed by atoms with E-state index >= 15 is 0 Å². The second kappa shape index (κ2) is 11.0. The molecule has 0 saturated carbocycles. The fourth-order valence-corrected chi connectivity index (χ4v) is 16.7. The third kappa shape index (κ3) is 3.21. The van der Waals surface area contributed by atoms with Gasteiger partial charge in [-0.15, -0.1) is 0 Å². The lowest BCUT2D eigenvalue weighted by Gasteiger charge is -2.53. The molecule has 62 heavy (non-hydrogen) atoms. The fourth-order valence-electron chi connectivity index (χ4n) is 16.7. The summed E-state index contributed by atoms with van der Waals surface area (Å²) in [6.07, 6.45) is 6.89. The summed E-state index contributed by atoms with van der Waals surface area (Å²) in [5.74, 6) is 0. The first-order chi connectivity index (χ1) is 30.5. The first-order valence-corrected chi connectivity index (χ1v) is 23.6. The van der Waals surface area contributed by atoms with Crippen LogP contribution in [0.25, 0.3) is 97.0 Å². The molecule has 0 aromatic heterocycles. The minimum Gasteiger partial charge on any atom is -0.0653 e. The van der Waals surface area contributed by atoms with Crippen LogP contribution in [0, 0.1) is 5.41 Å². The van der Waals surface area contributed by atoms with Gasteiger partial charge in [0.25, 0.3) is 0 Å². The number of hydrogen-bond acceptors (Lipinski definition) is 0. The van der Waals surface area contributed by atoms with E-state index in [-0.39, 0.29) is 21.7 Å². The van der Waals surface area contributed by atoms with Crippen molar-refractivity contribution in [3.63, 3.8) is 0 Å². The van der Waals surface area contributed by atoms with E-state index in [9.17, 15) is 0 Å². The maximum Gasteiger partial charge on any atom is 0.0286 e. The van der Waals surface area contributed by atoms with Crippen LogP contribution >= 0.6 is 0 Å². The van der Waals surface area contributed by atoms with Crippen molar-refractivity contribution in [2.45, 2.75) is 82.5 Å². The van der Waals surface area contributed by atoms with Crippen LogP contribution in [0.15, 0.2) is 146 Å². The molecule has 0 heterocycles. The minimum absolute atomic E-state index is 0.0812. The summed E-state index contributed by atoms with van der Waals surface area (Å²) in [7, 11) is 0. The van der Waals surface area contributed by atoms with Crippen LogP contribution in [0.1, 0.15) is 99.6 Å². The summed E-state index contributed by atoms with van der Waals surface area (Å²) < 4.78 is 0. The van der Waals surface area contributed by atoms with Crippen molar-refractivity contribution in [2.24, 2.45) is 5.41 Å². The van der Waals surface area contributed by atoms with E-state index in [0.717, 1.165) is 38.5 Å². The molecule has 0 radical (unpaired) electrons. The first kappa shape index (κ1) is 34.4. The van der Waals surface area contributed by atoms with E-state index in [2.05, 4.69) is 173 Å². The number of benzene rings is 12. The smallest absolute Gasteiger partial charge is 0.0286 e. The van der Waals surface area contributed by atoms with Crippen LogP contribution < -0.4 is 0 Å². The normalized spacial score (nSPS) is 23.8. The van der Waals surface area contributed by atoms with Crippen LogP contribution in [0.3, 0.4) is 0 Å². The molecular weight excluding hydrogens is 745 g/mol. The molecule has 15 rings (SSSR count). The summed E-state index contributed by atoms with van der Waals surface area (Å²) in [5, 5.41) is 25.3. The summed E-state index contributed by atoms with van der Waals surface area (Å²) in [6, 6.07) is 58.5. The van der Waals surface area contributed by atoms with Gasteiger partial charge in [-0.1, -0.05) is 174 Å². The van der Waals surface area contributed by atoms with Gasteiger partial charge in [-0.2, -0.15) is 0 Å². The van der Waals surface area contributed by atoms with Gasteiger partial charge < -0.3 is 0 Å². The molecule has 296 valence electrons. The molecule has 0 fully saturated rings. The van der Waals surface area contributed by atoms with Gasteiger partial charge in [0, 0.05) is 21.7 Å². The summed E-state index contributed by atoms with van der Waals surface area (Å²) in [5.41, 5.74) is 9.18. The standard InChI is InChI=1S/C62H48/c1-5-29-60-47-25-10-12-27-49(47)61(30-6-2)51-33-43-42-24-16-21-39-41-23-15-22-40-38-20-14-19-37-35-17-8-9-18-36(35)45-32-46(57(54(39)42)58(55(40)41)56(45)53(37)38)44(43)34-52(51)62(31-7-3,59(60,61)4)50-28-13-11-26-48(50)60/h8-28,32-34H,5-7,29-31H2,1-4H3/t59-,60+,61-,62+/m0/s1. The molecule has 3 aliphatic rings. The molecule has 0 aliphatic heterocycles. The predicted molar refractivity (Wildman–Crippen MR) is 266 cm³/mol. The Hall–Kier alpha value is -6.24. The lowest BCUT2D eigenvalue weighted by molar-refractivity contribution is 0.0540. The van der Waals surface area contributed by atoms with Crippen molar-refractivity contribution in [3.8, 4) is 0 Å². The largest absolute Gasteiger partial charge is 0.0653 e. The third-order valence-corrected chi connectivity index (χ3v) is 18.1. The third-order valence-electron chi connectivity index (χ3n) is 18.1. The molecule has 12 aromatic rings. The number of rotatable bonds is 6. The van der Waals surface area contributed by atoms with Crippen molar-refractivity contribution in [3.05, 3.63) is 179 Å². The van der Waals surface area contributed by atoms with E-state index in [1.807, 2.05) is 0 Å². The molecule has 0 N–H and O–H groups in total. The van der Waals surface area contributed by atoms with E-state index in [1.54, 1.807) is 33.4 Å². The van der Waals surface area contributed by atoms with Crippen molar-refractivity contribution < 1.29 is 0 Å². The quantitative estimate of drug-likeness (QED) is 0.116. The first-order valence-electron chi connectivity index (χ1n) is 23.6. The zero-order valence-corrected chi connectivity index (χ0v) is 36.1. The highest BCUT2D eigenvalue weighted by Crippen LogP contribution is 2.85. The minimum atomic E-state index is -0.145. The molecular formula is C62H48. The Balaban J connectivity index is 1.23. The van der Waals surface area contributed by atoms with E-state index < -0.39 is 0 Å². The molecule has 0 amide bonds. The Morgan fingerprint density at radius 3 is 1.02 bits per heavy atom. The highest BCUT2D eigenvalue weighted by Gasteiger charge is 2.82. The van der Waals surface area contributed by atoms with E-state index in [1.165, 1.54) is 97.0 Å². The van der Waals surface area contributed by atoms with Gasteiger partial charge in [0.05, 0.1) is 0 Å². The van der Waals surface area contributed by atoms with Crippen molar-refractivity contribution >= 4 is 97.0 Å². The SMILES string of the molecule is CCC[C@@]12c3ccccc3[C@@]3(CCC)c4cc5c(cc4[C@@](CCC)(c4ccccc41)[C@@]23C)c1cc2c3ccccc3c3cccc4c6cccc7c8cccc5c8c1c(c67)c2c34. The van der Waals surface area contributed by atoms with Crippen molar-refractivity contribution in [1.29, 1.82) is 0 Å². The van der Waals surface area contributed by atoms with Crippen LogP contribution in [-0.4, -0.2) is 0 Å². The molecule has 3 aliphatic carbocycles. The Kier molecular flexibility index (Phi) is 6.12. The molecule has 0 unspecified atom stereocenters. The number of fused-ring (bicyclic) bond motifs is 17. The summed E-state index contributed by atoms with van der Waals surface area (Å²) in [4.78, 5) is 0. The van der Waals surface area contributed by atoms with Crippen LogP contribution in [-0.2, 0) is 16.2 Å². The van der Waals surface area contributed by atoms with E-state index in [4.69, 9.17) is 0 Å². The Bertz CT molecular complexity index is 3940. The molecule has 0 spiro atoms. The van der Waals surface area contributed by atoms with Gasteiger partial charge in [0.15, 0.2) is 0 Å². The molecule has 0 saturated heterocycles. The predicted octanol–water partition coefficient (Wildman–Crippen LogP) is 17.0. The number of hydrogen-bond donors (Lipinski definition) is 0. The summed E-state index contributed by atoms with van der Waals surface area (Å²) in [6.45, 7) is 10.1. The average Bonchev–Trinajstić information content (AvgIpc) is 3.72. The second-order valence-corrected chi connectivity index (χ2v) is 20.0. The Morgan fingerprint density at radius 1 is 0.274 bits per heavy atom. The van der Waals surface area contributed by atoms with Gasteiger partial charge >= 0.3 is 0 Å². The van der Waals surface area contributed by atoms with Crippen LogP contribution in [0.2, 0.25) is 0 Å². The maximum atomic E-state index is 2.81.